The summed E-state index contributed by atoms with van der Waals surface area (Å²) < 4.78 is 36.1. The van der Waals surface area contributed by atoms with Crippen LogP contribution < -0.4 is 19.5 Å². The second-order valence-corrected chi connectivity index (χ2v) is 7.90. The molecule has 0 heterocycles. The van der Waals surface area contributed by atoms with E-state index in [0.717, 1.165) is 5.56 Å². The number of sulfonamides is 1. The van der Waals surface area contributed by atoms with E-state index in [-0.39, 0.29) is 17.7 Å². The van der Waals surface area contributed by atoms with Crippen LogP contribution in [-0.4, -0.2) is 34.3 Å². The summed E-state index contributed by atoms with van der Waals surface area (Å²) >= 11 is 0. The Bertz CT molecular complexity index is 895. The maximum absolute atomic E-state index is 12.5. The molecule has 7 nitrogen and oxygen atoms in total. The Morgan fingerprint density at radius 3 is 2.22 bits per heavy atom. The van der Waals surface area contributed by atoms with Crippen LogP contribution in [0.25, 0.3) is 0 Å². The highest BCUT2D eigenvalue weighted by molar-refractivity contribution is 7.92. The van der Waals surface area contributed by atoms with Crippen molar-refractivity contribution >= 4 is 21.6 Å². The van der Waals surface area contributed by atoms with E-state index in [1.165, 1.54) is 0 Å². The summed E-state index contributed by atoms with van der Waals surface area (Å²) in [7, 11) is -0.228. The monoisotopic (exact) mass is 392 g/mol. The summed E-state index contributed by atoms with van der Waals surface area (Å²) in [6.07, 6.45) is 0. The molecule has 0 aliphatic carbocycles. The van der Waals surface area contributed by atoms with E-state index in [2.05, 4.69) is 10.0 Å². The minimum Gasteiger partial charge on any atom is -0.493 e. The molecule has 0 aliphatic heterocycles. The lowest BCUT2D eigenvalue weighted by atomic mass is 10.1. The molecule has 0 radical (unpaired) electrons. The lowest BCUT2D eigenvalue weighted by Crippen LogP contribution is -2.26. The van der Waals surface area contributed by atoms with Gasteiger partial charge in [-0.25, -0.2) is 8.42 Å². The first-order valence-electron chi connectivity index (χ1n) is 8.43. The van der Waals surface area contributed by atoms with E-state index in [4.69, 9.17) is 9.47 Å². The molecule has 0 fully saturated rings. The van der Waals surface area contributed by atoms with Crippen LogP contribution in [0.2, 0.25) is 0 Å². The Morgan fingerprint density at radius 2 is 1.67 bits per heavy atom. The van der Waals surface area contributed by atoms with E-state index in [1.807, 2.05) is 19.1 Å². The Balaban J connectivity index is 2.08. The number of methoxy groups -OCH3 is 2. The molecule has 0 aliphatic rings. The zero-order valence-corrected chi connectivity index (χ0v) is 16.6. The van der Waals surface area contributed by atoms with E-state index in [0.29, 0.717) is 22.7 Å². The van der Waals surface area contributed by atoms with Crippen molar-refractivity contribution in [3.8, 4) is 11.5 Å². The molecule has 8 heteroatoms. The summed E-state index contributed by atoms with van der Waals surface area (Å²) in [5.74, 6) is 0.925. The number of hydrogen-bond donors (Lipinski definition) is 2. The quantitative estimate of drug-likeness (QED) is 0.720. The van der Waals surface area contributed by atoms with Crippen molar-refractivity contribution in [3.05, 3.63) is 53.6 Å². The number of amides is 1. The third-order valence-electron chi connectivity index (χ3n) is 4.06. The predicted molar refractivity (Wildman–Crippen MR) is 105 cm³/mol. The fourth-order valence-electron chi connectivity index (χ4n) is 2.43. The largest absolute Gasteiger partial charge is 0.493 e. The number of carbonyl (C=O) groups is 1. The number of carbonyl (C=O) groups excluding carboxylic acids is 1. The van der Waals surface area contributed by atoms with Crippen LogP contribution in [0.15, 0.2) is 42.5 Å². The zero-order chi connectivity index (χ0) is 20.0. The number of rotatable bonds is 8. The van der Waals surface area contributed by atoms with Crippen LogP contribution in [0.4, 0.5) is 5.69 Å². The zero-order valence-electron chi connectivity index (χ0n) is 15.8. The molecule has 1 atom stereocenters. The summed E-state index contributed by atoms with van der Waals surface area (Å²) in [6.45, 7) is 3.42. The highest BCUT2D eigenvalue weighted by Gasteiger charge is 2.14. The molecule has 2 rings (SSSR count). The van der Waals surface area contributed by atoms with Crippen molar-refractivity contribution in [2.75, 3.05) is 24.7 Å². The van der Waals surface area contributed by atoms with E-state index in [9.17, 15) is 13.2 Å². The first kappa shape index (κ1) is 20.6. The summed E-state index contributed by atoms with van der Waals surface area (Å²) in [4.78, 5) is 12.5. The molecule has 0 saturated heterocycles. The van der Waals surface area contributed by atoms with Gasteiger partial charge in [0.1, 0.15) is 0 Å². The normalized spacial score (nSPS) is 12.1. The van der Waals surface area contributed by atoms with Crippen molar-refractivity contribution in [1.29, 1.82) is 0 Å². The van der Waals surface area contributed by atoms with Gasteiger partial charge in [0.05, 0.1) is 26.0 Å². The Kier molecular flexibility index (Phi) is 6.68. The fourth-order valence-corrected chi connectivity index (χ4v) is 3.07. The Labute approximate surface area is 159 Å². The van der Waals surface area contributed by atoms with Crippen molar-refractivity contribution in [3.63, 3.8) is 0 Å². The van der Waals surface area contributed by atoms with Gasteiger partial charge in [-0.1, -0.05) is 6.07 Å². The molecule has 0 unspecified atom stereocenters. The van der Waals surface area contributed by atoms with Gasteiger partial charge >= 0.3 is 0 Å². The molecule has 2 N–H and O–H groups in total. The number of benzene rings is 2. The lowest BCUT2D eigenvalue weighted by molar-refractivity contribution is 0.0940. The van der Waals surface area contributed by atoms with Crippen molar-refractivity contribution < 1.29 is 22.7 Å². The van der Waals surface area contributed by atoms with Crippen molar-refractivity contribution in [2.45, 2.75) is 19.9 Å². The fraction of sp³-hybridized carbons (Fsp3) is 0.316. The summed E-state index contributed by atoms with van der Waals surface area (Å²) in [5.41, 5.74) is 1.72. The SMILES string of the molecule is CCS(=O)(=O)Nc1ccc(C(=O)N[C@@H](C)c2ccc(OC)c(OC)c2)cc1. The van der Waals surface area contributed by atoms with E-state index in [1.54, 1.807) is 51.5 Å². The highest BCUT2D eigenvalue weighted by Crippen LogP contribution is 2.30. The van der Waals surface area contributed by atoms with Crippen LogP contribution in [0.3, 0.4) is 0 Å². The van der Waals surface area contributed by atoms with Gasteiger partial charge in [-0.3, -0.25) is 9.52 Å². The Hall–Kier alpha value is -2.74. The molecule has 146 valence electrons. The molecule has 0 bridgehead atoms. The number of anilines is 1. The maximum Gasteiger partial charge on any atom is 0.251 e. The molecule has 1 amide bonds. The third kappa shape index (κ3) is 5.37. The summed E-state index contributed by atoms with van der Waals surface area (Å²) in [6, 6.07) is 11.5. The third-order valence-corrected chi connectivity index (χ3v) is 5.36. The standard InChI is InChI=1S/C19H24N2O5S/c1-5-27(23,24)21-16-9-6-14(7-10-16)19(22)20-13(2)15-8-11-17(25-3)18(12-15)26-4/h6-13,21H,5H2,1-4H3,(H,20,22)/t13-/m0/s1. The van der Waals surface area contributed by atoms with Crippen molar-refractivity contribution in [1.82, 2.24) is 5.32 Å². The average molecular weight is 392 g/mol. The molecular formula is C19H24N2O5S. The van der Waals surface area contributed by atoms with Crippen LogP contribution in [0, 0.1) is 0 Å². The average Bonchev–Trinajstić information content (AvgIpc) is 2.67. The van der Waals surface area contributed by atoms with Crippen LogP contribution in [-0.2, 0) is 10.0 Å². The number of ether oxygens (including phenoxy) is 2. The second-order valence-electron chi connectivity index (χ2n) is 5.89. The molecule has 2 aromatic rings. The minimum absolute atomic E-state index is 0.0158. The van der Waals surface area contributed by atoms with Gasteiger partial charge in [0.2, 0.25) is 10.0 Å². The Morgan fingerprint density at radius 1 is 1.04 bits per heavy atom. The van der Waals surface area contributed by atoms with Crippen LogP contribution in [0.1, 0.15) is 35.8 Å². The molecule has 0 saturated carbocycles. The van der Waals surface area contributed by atoms with Gasteiger partial charge in [0.15, 0.2) is 11.5 Å². The van der Waals surface area contributed by atoms with Gasteiger partial charge in [0, 0.05) is 11.3 Å². The highest BCUT2D eigenvalue weighted by atomic mass is 32.2. The van der Waals surface area contributed by atoms with Gasteiger partial charge in [0.25, 0.3) is 5.91 Å². The number of nitrogens with one attached hydrogen (secondary N) is 2. The molecular weight excluding hydrogens is 368 g/mol. The number of hydrogen-bond acceptors (Lipinski definition) is 5. The first-order valence-corrected chi connectivity index (χ1v) is 10.1. The van der Waals surface area contributed by atoms with E-state index < -0.39 is 10.0 Å². The minimum atomic E-state index is -3.35. The first-order chi connectivity index (χ1) is 12.8. The van der Waals surface area contributed by atoms with Gasteiger partial charge < -0.3 is 14.8 Å². The van der Waals surface area contributed by atoms with Gasteiger partial charge in [-0.2, -0.15) is 0 Å². The molecule has 2 aromatic carbocycles. The van der Waals surface area contributed by atoms with Crippen LogP contribution in [0.5, 0.6) is 11.5 Å². The van der Waals surface area contributed by atoms with Gasteiger partial charge in [-0.05, 0) is 55.8 Å². The summed E-state index contributed by atoms with van der Waals surface area (Å²) in [5, 5.41) is 2.91. The lowest BCUT2D eigenvalue weighted by Gasteiger charge is -2.17. The molecule has 0 spiro atoms. The molecule has 27 heavy (non-hydrogen) atoms. The molecule has 0 aromatic heterocycles. The second kappa shape index (κ2) is 8.77. The van der Waals surface area contributed by atoms with Crippen molar-refractivity contribution in [2.24, 2.45) is 0 Å². The predicted octanol–water partition coefficient (Wildman–Crippen LogP) is 2.96. The van der Waals surface area contributed by atoms with Crippen LogP contribution >= 0.6 is 0 Å². The van der Waals surface area contributed by atoms with Gasteiger partial charge in [-0.15, -0.1) is 0 Å². The smallest absolute Gasteiger partial charge is 0.251 e. The van der Waals surface area contributed by atoms with E-state index >= 15 is 0 Å². The maximum atomic E-state index is 12.5. The topological polar surface area (TPSA) is 93.7 Å².